The molecule has 0 saturated heterocycles. The number of nitrogens with two attached hydrogens (primary N) is 1. The van der Waals surface area contributed by atoms with Gasteiger partial charge in [0.05, 0.1) is 37.7 Å². The van der Waals surface area contributed by atoms with Gasteiger partial charge in [0.2, 0.25) is 5.52 Å². The summed E-state index contributed by atoms with van der Waals surface area (Å²) < 4.78 is 0. The van der Waals surface area contributed by atoms with Gasteiger partial charge in [-0.2, -0.15) is 0 Å². The summed E-state index contributed by atoms with van der Waals surface area (Å²) in [6.45, 7) is 0. The molecule has 0 radical (unpaired) electrons. The minimum Gasteiger partial charge on any atom is -0.692 e. The number of hydrazine groups is 1. The van der Waals surface area contributed by atoms with Crippen LogP contribution in [0.25, 0.3) is 16.7 Å². The summed E-state index contributed by atoms with van der Waals surface area (Å²) in [6, 6.07) is 13.5. The van der Waals surface area contributed by atoms with Gasteiger partial charge in [0, 0.05) is 6.07 Å². The molecule has 0 bridgehead atoms. The Labute approximate surface area is 182 Å². The topological polar surface area (TPSA) is 203 Å². The van der Waals surface area contributed by atoms with Gasteiger partial charge >= 0.3 is 11.2 Å². The molecule has 166 valence electrons. The van der Waals surface area contributed by atoms with Gasteiger partial charge in [0.15, 0.2) is 0 Å². The van der Waals surface area contributed by atoms with Crippen LogP contribution in [0.5, 0.6) is 0 Å². The van der Waals surface area contributed by atoms with Gasteiger partial charge in [-0.25, -0.2) is 5.84 Å². The lowest BCUT2D eigenvalue weighted by Crippen LogP contribution is -2.37. The number of hydrogen-bond donors (Lipinski definition) is 1. The summed E-state index contributed by atoms with van der Waals surface area (Å²) in [5, 5.41) is 51.9. The molecule has 15 nitrogen and oxygen atoms in total. The highest BCUT2D eigenvalue weighted by Gasteiger charge is 2.31. The summed E-state index contributed by atoms with van der Waals surface area (Å²) in [5.74, 6) is 6.03. The number of para-hydroxylation sites is 1. The van der Waals surface area contributed by atoms with Gasteiger partial charge in [0.25, 0.3) is 11.4 Å². The fraction of sp³-hybridized carbons (Fsp3) is 0. The van der Waals surface area contributed by atoms with E-state index in [9.17, 15) is 35.6 Å². The van der Waals surface area contributed by atoms with Crippen LogP contribution in [-0.4, -0.2) is 24.7 Å². The lowest BCUT2D eigenvalue weighted by molar-refractivity contribution is -0.664. The number of non-ortho nitro benzene ring substituents is 2. The molecule has 2 N–H and O–H groups in total. The van der Waals surface area contributed by atoms with E-state index in [1.807, 2.05) is 0 Å². The fourth-order valence-electron chi connectivity index (χ4n) is 3.20. The third-order valence-corrected chi connectivity index (χ3v) is 4.72. The molecule has 0 atom stereocenters. The van der Waals surface area contributed by atoms with Crippen LogP contribution in [0.15, 0.2) is 60.7 Å². The first-order chi connectivity index (χ1) is 15.7. The quantitative estimate of drug-likeness (QED) is 0.149. The molecule has 0 aliphatic heterocycles. The van der Waals surface area contributed by atoms with Crippen molar-refractivity contribution in [2.24, 2.45) is 5.84 Å². The van der Waals surface area contributed by atoms with Crippen LogP contribution in [0.1, 0.15) is 0 Å². The Morgan fingerprint density at radius 3 is 2.15 bits per heavy atom. The van der Waals surface area contributed by atoms with E-state index in [1.165, 1.54) is 12.1 Å². The average molecular weight is 452 g/mol. The average Bonchev–Trinajstić information content (AvgIpc) is 3.14. The molecule has 3 aromatic carbocycles. The monoisotopic (exact) mass is 452 g/mol. The van der Waals surface area contributed by atoms with E-state index in [0.717, 1.165) is 17.1 Å². The summed E-state index contributed by atoms with van der Waals surface area (Å²) in [6.07, 6.45) is 0. The minimum atomic E-state index is -0.912. The molecular formula is C18H12N8O7. The van der Waals surface area contributed by atoms with Crippen molar-refractivity contribution in [3.05, 3.63) is 96.2 Å². The molecule has 4 aromatic rings. The first kappa shape index (κ1) is 21.1. The van der Waals surface area contributed by atoms with E-state index < -0.39 is 42.9 Å². The number of nitrogens with zero attached hydrogens (tertiary/aromatic N) is 7. The number of rotatable bonds is 6. The SMILES string of the molecule is NN(c1ccccc1)c1ccc(-n2nc3c([N+](=O)[O-])cc([N+](=O)[O-])cc3[n+]2[O-])cc1[N+](=O)[O-]. The van der Waals surface area contributed by atoms with Crippen molar-refractivity contribution in [1.29, 1.82) is 0 Å². The minimum absolute atomic E-state index is 0.00530. The molecule has 15 heteroatoms. The summed E-state index contributed by atoms with van der Waals surface area (Å²) in [4.78, 5) is 32.4. The number of benzene rings is 3. The van der Waals surface area contributed by atoms with Crippen molar-refractivity contribution >= 4 is 39.5 Å². The normalized spacial score (nSPS) is 10.8. The first-order valence-electron chi connectivity index (χ1n) is 9.03. The van der Waals surface area contributed by atoms with Crippen LogP contribution >= 0.6 is 0 Å². The van der Waals surface area contributed by atoms with E-state index in [4.69, 9.17) is 5.84 Å². The van der Waals surface area contributed by atoms with Crippen LogP contribution in [0.3, 0.4) is 0 Å². The second kappa shape index (κ2) is 7.82. The molecule has 4 rings (SSSR count). The van der Waals surface area contributed by atoms with Crippen molar-refractivity contribution in [1.82, 2.24) is 9.90 Å². The van der Waals surface area contributed by atoms with Crippen LogP contribution < -0.4 is 15.7 Å². The Morgan fingerprint density at radius 1 is 0.879 bits per heavy atom. The molecule has 0 aliphatic carbocycles. The zero-order chi connectivity index (χ0) is 23.9. The third-order valence-electron chi connectivity index (χ3n) is 4.72. The van der Waals surface area contributed by atoms with Gasteiger partial charge in [-0.15, -0.1) is 4.85 Å². The van der Waals surface area contributed by atoms with Crippen molar-refractivity contribution in [2.45, 2.75) is 0 Å². The fourth-order valence-corrected chi connectivity index (χ4v) is 3.20. The molecule has 0 unspecified atom stereocenters. The zero-order valence-electron chi connectivity index (χ0n) is 16.3. The molecule has 0 fully saturated rings. The number of aromatic nitrogens is 3. The zero-order valence-corrected chi connectivity index (χ0v) is 16.3. The largest absolute Gasteiger partial charge is 0.692 e. The lowest BCUT2D eigenvalue weighted by atomic mass is 10.2. The second-order valence-electron chi connectivity index (χ2n) is 6.64. The van der Waals surface area contributed by atoms with Crippen molar-refractivity contribution < 1.29 is 19.6 Å². The molecular weight excluding hydrogens is 440 g/mol. The second-order valence-corrected chi connectivity index (χ2v) is 6.64. The van der Waals surface area contributed by atoms with E-state index in [1.54, 1.807) is 30.3 Å². The molecule has 1 aromatic heterocycles. The molecule has 0 spiro atoms. The Morgan fingerprint density at radius 2 is 1.55 bits per heavy atom. The maximum Gasteiger partial charge on any atom is 0.334 e. The smallest absolute Gasteiger partial charge is 0.334 e. The highest BCUT2D eigenvalue weighted by atomic mass is 16.6. The van der Waals surface area contributed by atoms with E-state index in [2.05, 4.69) is 5.10 Å². The molecule has 0 amide bonds. The van der Waals surface area contributed by atoms with Crippen LogP contribution in [0.2, 0.25) is 0 Å². The highest BCUT2D eigenvalue weighted by molar-refractivity contribution is 5.84. The van der Waals surface area contributed by atoms with Crippen molar-refractivity contribution in [2.75, 3.05) is 5.01 Å². The van der Waals surface area contributed by atoms with E-state index in [-0.39, 0.29) is 16.2 Å². The maximum absolute atomic E-state index is 12.8. The number of nitro benzene ring substituents is 3. The Bertz CT molecular complexity index is 1440. The van der Waals surface area contributed by atoms with Crippen LogP contribution in [-0.2, 0) is 0 Å². The molecule has 0 saturated carbocycles. The predicted octanol–water partition coefficient (Wildman–Crippen LogP) is 2.40. The summed E-state index contributed by atoms with van der Waals surface area (Å²) in [5.41, 5.74) is -2.43. The Kier molecular flexibility index (Phi) is 4.99. The predicted molar refractivity (Wildman–Crippen MR) is 113 cm³/mol. The number of hydrogen-bond acceptors (Lipinski definition) is 10. The lowest BCUT2D eigenvalue weighted by Gasteiger charge is -2.18. The van der Waals surface area contributed by atoms with Gasteiger partial charge < -0.3 is 5.21 Å². The van der Waals surface area contributed by atoms with Gasteiger partial charge in [0.1, 0.15) is 11.4 Å². The summed E-state index contributed by atoms with van der Waals surface area (Å²) in [7, 11) is 0. The van der Waals surface area contributed by atoms with Gasteiger partial charge in [-0.3, -0.25) is 35.4 Å². The Balaban J connectivity index is 1.90. The molecule has 0 aliphatic rings. The number of nitro groups is 3. The standard InChI is InChI=1S/C18H12N8O7/c19-21(11-4-2-1-3-5-11)14-7-6-12(8-15(14)25(30)31)22-20-18-16(23(22)27)9-13(24(28)29)10-17(18)26(32)33/h1-10H,19H2. The van der Waals surface area contributed by atoms with Crippen LogP contribution in [0.4, 0.5) is 28.4 Å². The van der Waals surface area contributed by atoms with E-state index >= 15 is 0 Å². The number of anilines is 2. The number of fused-ring (bicyclic) bond motifs is 1. The third kappa shape index (κ3) is 3.59. The Hall–Kier alpha value is -5.18. The molecule has 1 heterocycles. The first-order valence-corrected chi connectivity index (χ1v) is 9.03. The molecule has 33 heavy (non-hydrogen) atoms. The van der Waals surface area contributed by atoms with Crippen molar-refractivity contribution in [3.8, 4) is 5.69 Å². The maximum atomic E-state index is 12.8. The van der Waals surface area contributed by atoms with Crippen LogP contribution in [0, 0.1) is 35.6 Å². The van der Waals surface area contributed by atoms with Crippen molar-refractivity contribution in [3.63, 3.8) is 0 Å². The van der Waals surface area contributed by atoms with Gasteiger partial charge in [-0.1, -0.05) is 18.2 Å². The van der Waals surface area contributed by atoms with Gasteiger partial charge in [-0.05, 0) is 29.1 Å². The van der Waals surface area contributed by atoms with E-state index in [0.29, 0.717) is 16.6 Å². The highest BCUT2D eigenvalue weighted by Crippen LogP contribution is 2.33. The summed E-state index contributed by atoms with van der Waals surface area (Å²) >= 11 is 0.